The Morgan fingerprint density at radius 1 is 0.404 bits per heavy atom. The molecule has 2 aliphatic heterocycles. The number of carbonyl (C=O) groups is 4. The Morgan fingerprint density at radius 2 is 0.820 bits per heavy atom. The molecular formula is C79H66N2O8. The molecule has 4 amide bonds. The van der Waals surface area contributed by atoms with Crippen molar-refractivity contribution in [3.8, 4) is 58.2 Å². The molecule has 0 bridgehead atoms. The van der Waals surface area contributed by atoms with Crippen LogP contribution in [0.4, 0.5) is 11.4 Å². The number of imide groups is 2. The third-order valence-electron chi connectivity index (χ3n) is 18.1. The van der Waals surface area contributed by atoms with Crippen LogP contribution in [0.25, 0.3) is 0 Å². The minimum Gasteiger partial charge on any atom is -0.487 e. The molecule has 0 unspecified atom stereocenters. The number of nitrogens with zero attached hydrogens (tertiary/aromatic N) is 2. The van der Waals surface area contributed by atoms with Crippen molar-refractivity contribution in [2.24, 2.45) is 0 Å². The van der Waals surface area contributed by atoms with Crippen LogP contribution in [0.2, 0.25) is 0 Å². The summed E-state index contributed by atoms with van der Waals surface area (Å²) in [5.74, 6) is 15.5. The number of para-hydroxylation sites is 2. The molecule has 10 heteroatoms. The normalized spacial score (nSPS) is 14.5. The fourth-order valence-corrected chi connectivity index (χ4v) is 13.2. The van der Waals surface area contributed by atoms with E-state index in [-0.39, 0.29) is 58.8 Å². The van der Waals surface area contributed by atoms with Crippen LogP contribution in [0.5, 0.6) is 34.5 Å². The number of amides is 4. The molecule has 4 aliphatic rings. The lowest BCUT2D eigenvalue weighted by molar-refractivity contribution is 0.0908. The molecule has 10 nitrogen and oxygen atoms in total. The summed E-state index contributed by atoms with van der Waals surface area (Å²) in [5.41, 5.74) is 12.5. The highest BCUT2D eigenvalue weighted by Gasteiger charge is 2.44. The molecule has 0 spiro atoms. The van der Waals surface area contributed by atoms with Gasteiger partial charge >= 0.3 is 0 Å². The maximum absolute atomic E-state index is 15.2. The number of hydrogen-bond acceptors (Lipinski definition) is 8. The van der Waals surface area contributed by atoms with Crippen LogP contribution in [0, 0.1) is 58.3 Å². The summed E-state index contributed by atoms with van der Waals surface area (Å²) in [6.07, 6.45) is 7.99. The summed E-state index contributed by atoms with van der Waals surface area (Å²) in [7, 11) is 0. The summed E-state index contributed by atoms with van der Waals surface area (Å²) in [4.78, 5) is 62.6. The predicted octanol–water partition coefficient (Wildman–Crippen LogP) is 17.7. The molecule has 0 aromatic heterocycles. The van der Waals surface area contributed by atoms with Gasteiger partial charge in [-0.3, -0.25) is 19.2 Å². The van der Waals surface area contributed by atoms with Gasteiger partial charge in [0.1, 0.15) is 47.7 Å². The van der Waals surface area contributed by atoms with Gasteiger partial charge in [0.05, 0.1) is 44.8 Å². The van der Waals surface area contributed by atoms with E-state index in [9.17, 15) is 9.59 Å². The van der Waals surface area contributed by atoms with Gasteiger partial charge in [-0.25, -0.2) is 9.80 Å². The van der Waals surface area contributed by atoms with Crippen molar-refractivity contribution in [3.05, 3.63) is 271 Å². The fourth-order valence-electron chi connectivity index (χ4n) is 13.2. The highest BCUT2D eigenvalue weighted by Crippen LogP contribution is 2.48. The van der Waals surface area contributed by atoms with Crippen LogP contribution in [-0.2, 0) is 13.2 Å². The summed E-state index contributed by atoms with van der Waals surface area (Å²) in [5, 5.41) is 0. The van der Waals surface area contributed by atoms with E-state index in [1.807, 2.05) is 186 Å². The first-order valence-electron chi connectivity index (χ1n) is 30.7. The molecule has 2 fully saturated rings. The Kier molecular flexibility index (Phi) is 16.0. The Labute approximate surface area is 520 Å². The van der Waals surface area contributed by atoms with E-state index >= 15 is 9.59 Å². The van der Waals surface area contributed by atoms with Gasteiger partial charge in [-0.05, 0) is 201 Å². The van der Waals surface area contributed by atoms with E-state index in [4.69, 9.17) is 18.9 Å². The molecule has 2 aliphatic carbocycles. The van der Waals surface area contributed by atoms with Gasteiger partial charge in [0.15, 0.2) is 0 Å². The zero-order chi connectivity index (χ0) is 61.3. The first-order valence-corrected chi connectivity index (χ1v) is 30.7. The molecule has 440 valence electrons. The minimum absolute atomic E-state index is 0.140. The van der Waals surface area contributed by atoms with Crippen LogP contribution >= 0.6 is 0 Å². The molecule has 0 radical (unpaired) electrons. The number of anilines is 2. The van der Waals surface area contributed by atoms with Gasteiger partial charge < -0.3 is 18.9 Å². The van der Waals surface area contributed by atoms with E-state index in [1.54, 1.807) is 24.3 Å². The SMILES string of the molecule is Cc1cc(Oc2ccccc2)cc(C2CCCC2)c1N1C(=O)c2ccc(C#Cc3c(C)c(C)c(C#Cc4ccc5c(c4OCc4ccccc4)C(=O)N(c4ccc(Oc6ccccc6)cc4C4CCCC4)C5=O)c(C)c3C)c(OCc3ccccc3)c2C1=O. The summed E-state index contributed by atoms with van der Waals surface area (Å²) in [6, 6.07) is 55.1. The Bertz CT molecular complexity index is 4400. The average molecular weight is 1170 g/mol. The summed E-state index contributed by atoms with van der Waals surface area (Å²) >= 11 is 0. The van der Waals surface area contributed by atoms with Crippen molar-refractivity contribution >= 4 is 35.0 Å². The van der Waals surface area contributed by atoms with E-state index in [2.05, 4.69) is 23.7 Å². The van der Waals surface area contributed by atoms with Crippen molar-refractivity contribution in [1.29, 1.82) is 0 Å². The van der Waals surface area contributed by atoms with Crippen molar-refractivity contribution in [3.63, 3.8) is 0 Å². The molecule has 9 aromatic rings. The first-order chi connectivity index (χ1) is 43.4. The second kappa shape index (κ2) is 24.8. The first kappa shape index (κ1) is 57.6. The molecule has 0 N–H and O–H groups in total. The van der Waals surface area contributed by atoms with Crippen LogP contribution in [0.1, 0.15) is 177 Å². The number of rotatable bonds is 14. The van der Waals surface area contributed by atoms with Crippen molar-refractivity contribution in [1.82, 2.24) is 0 Å². The van der Waals surface area contributed by atoms with Crippen LogP contribution < -0.4 is 28.7 Å². The van der Waals surface area contributed by atoms with Crippen LogP contribution in [0.3, 0.4) is 0 Å². The van der Waals surface area contributed by atoms with E-state index in [1.165, 1.54) is 9.80 Å². The molecule has 9 aromatic carbocycles. The molecule has 0 atom stereocenters. The van der Waals surface area contributed by atoms with Crippen molar-refractivity contribution < 1.29 is 38.1 Å². The summed E-state index contributed by atoms with van der Waals surface area (Å²) in [6.45, 7) is 10.3. The number of aryl methyl sites for hydroxylation is 1. The zero-order valence-electron chi connectivity index (χ0n) is 50.6. The van der Waals surface area contributed by atoms with E-state index in [0.717, 1.165) is 113 Å². The lowest BCUT2D eigenvalue weighted by atomic mass is 9.89. The molecule has 13 rings (SSSR count). The van der Waals surface area contributed by atoms with Gasteiger partial charge in [-0.15, -0.1) is 0 Å². The molecule has 0 saturated heterocycles. The largest absolute Gasteiger partial charge is 0.487 e. The number of carbonyl (C=O) groups excluding carboxylic acids is 4. The van der Waals surface area contributed by atoms with Gasteiger partial charge in [0.2, 0.25) is 0 Å². The van der Waals surface area contributed by atoms with Gasteiger partial charge in [-0.1, -0.05) is 146 Å². The average Bonchev–Trinajstić information content (AvgIpc) is 1.87. The maximum atomic E-state index is 15.2. The van der Waals surface area contributed by atoms with Crippen LogP contribution in [-0.4, -0.2) is 23.6 Å². The maximum Gasteiger partial charge on any atom is 0.269 e. The Morgan fingerprint density at radius 3 is 1.30 bits per heavy atom. The monoisotopic (exact) mass is 1170 g/mol. The third-order valence-corrected chi connectivity index (χ3v) is 18.1. The number of benzene rings is 9. The Hall–Kier alpha value is -10.4. The molecule has 2 heterocycles. The molecule has 2 saturated carbocycles. The topological polar surface area (TPSA) is 112 Å². The predicted molar refractivity (Wildman–Crippen MR) is 347 cm³/mol. The van der Waals surface area contributed by atoms with Gasteiger partial charge in [-0.2, -0.15) is 0 Å². The lowest BCUT2D eigenvalue weighted by Crippen LogP contribution is -2.31. The fraction of sp³-hybridized carbons (Fsp3) is 0.215. The van der Waals surface area contributed by atoms with Crippen molar-refractivity contribution in [2.75, 3.05) is 9.80 Å². The van der Waals surface area contributed by atoms with Crippen molar-refractivity contribution in [2.45, 2.75) is 111 Å². The molecular weight excluding hydrogens is 1100 g/mol. The third kappa shape index (κ3) is 11.2. The zero-order valence-corrected chi connectivity index (χ0v) is 50.6. The standard InChI is InChI=1S/C79H66N2O8/c1-49-44-63(89-61-32-16-9-17-33-61)46-69(57-28-20-21-29-57)73(49)81-77(83)67-42-37-59(75(72(67)79(81)85)87-48-55-24-12-7-13-25-55)35-40-65-52(4)50(2)64(51(3)53(65)5)39-34-58-36-41-66-71(74(58)86-47-54-22-10-6-11-23-54)78(84)80(76(66)82)70-43-38-62(88-60-30-14-8-15-31-60)45-68(70)56-26-18-19-27-56/h6-17,22-25,30-33,36-38,41-46,56-57H,18-21,26-29,47-48H2,1-5H3. The second-order valence-electron chi connectivity index (χ2n) is 23.6. The van der Waals surface area contributed by atoms with Crippen LogP contribution in [0.15, 0.2) is 176 Å². The minimum atomic E-state index is -0.469. The highest BCUT2D eigenvalue weighted by molar-refractivity contribution is 6.37. The second-order valence-corrected chi connectivity index (χ2v) is 23.6. The number of fused-ring (bicyclic) bond motifs is 2. The smallest absolute Gasteiger partial charge is 0.269 e. The quantitative estimate of drug-likeness (QED) is 0.0782. The van der Waals surface area contributed by atoms with Gasteiger partial charge in [0, 0.05) is 11.1 Å². The van der Waals surface area contributed by atoms with E-state index < -0.39 is 23.6 Å². The lowest BCUT2D eigenvalue weighted by Gasteiger charge is -2.25. The number of ether oxygens (including phenoxy) is 4. The number of hydrogen-bond donors (Lipinski definition) is 0. The van der Waals surface area contributed by atoms with E-state index in [0.29, 0.717) is 45.5 Å². The van der Waals surface area contributed by atoms with Gasteiger partial charge in [0.25, 0.3) is 23.6 Å². The molecule has 89 heavy (non-hydrogen) atoms. The highest BCUT2D eigenvalue weighted by atomic mass is 16.5. The Balaban J connectivity index is 0.849. The summed E-state index contributed by atoms with van der Waals surface area (Å²) < 4.78 is 26.0.